The Morgan fingerprint density at radius 1 is 1.38 bits per heavy atom. The maximum atomic E-state index is 4.81. The third-order valence-electron chi connectivity index (χ3n) is 3.61. The van der Waals surface area contributed by atoms with Gasteiger partial charge in [-0.15, -0.1) is 0 Å². The van der Waals surface area contributed by atoms with Crippen molar-refractivity contribution in [1.82, 2.24) is 10.3 Å². The number of nitrogens with one attached hydrogen (secondary N) is 1. The molecule has 0 radical (unpaired) electrons. The van der Waals surface area contributed by atoms with Crippen molar-refractivity contribution in [2.24, 2.45) is 0 Å². The fourth-order valence-corrected chi connectivity index (χ4v) is 2.73. The molecular weight excluding hydrogens is 198 g/mol. The van der Waals surface area contributed by atoms with Crippen LogP contribution in [-0.2, 0) is 12.8 Å². The van der Waals surface area contributed by atoms with Crippen LogP contribution in [0.1, 0.15) is 24.6 Å². The first kappa shape index (κ1) is 10.1. The van der Waals surface area contributed by atoms with Crippen molar-refractivity contribution in [2.45, 2.75) is 32.2 Å². The lowest BCUT2D eigenvalue weighted by Gasteiger charge is -2.33. The number of fused-ring (bicyclic) bond motifs is 1. The van der Waals surface area contributed by atoms with Gasteiger partial charge in [0.05, 0.1) is 0 Å². The van der Waals surface area contributed by atoms with Crippen LogP contribution in [0.3, 0.4) is 0 Å². The molecule has 0 bridgehead atoms. The summed E-state index contributed by atoms with van der Waals surface area (Å²) in [5.41, 5.74) is 2.80. The summed E-state index contributed by atoms with van der Waals surface area (Å²) < 4.78 is 0. The monoisotopic (exact) mass is 217 g/mol. The Balaban J connectivity index is 1.83. The Morgan fingerprint density at radius 2 is 2.31 bits per heavy atom. The molecule has 3 heteroatoms. The average Bonchev–Trinajstić information content (AvgIpc) is 2.75. The van der Waals surface area contributed by atoms with Crippen molar-refractivity contribution >= 4 is 5.82 Å². The number of aromatic nitrogens is 1. The molecule has 0 aromatic carbocycles. The highest BCUT2D eigenvalue weighted by molar-refractivity contribution is 5.43. The third kappa shape index (κ3) is 1.80. The summed E-state index contributed by atoms with van der Waals surface area (Å²) in [7, 11) is 0. The number of hydrogen-bond donors (Lipinski definition) is 1. The average molecular weight is 217 g/mol. The van der Waals surface area contributed by atoms with Gasteiger partial charge in [0.25, 0.3) is 0 Å². The molecule has 1 aromatic heterocycles. The largest absolute Gasteiger partial charge is 0.354 e. The van der Waals surface area contributed by atoms with Crippen molar-refractivity contribution in [2.75, 3.05) is 24.5 Å². The Morgan fingerprint density at radius 3 is 3.19 bits per heavy atom. The topological polar surface area (TPSA) is 28.2 Å². The number of piperazine rings is 1. The number of aryl methyl sites for hydroxylation is 2. The smallest absolute Gasteiger partial charge is 0.128 e. The first-order chi connectivity index (χ1) is 7.83. The second-order valence-corrected chi connectivity index (χ2v) is 4.93. The highest BCUT2D eigenvalue weighted by atomic mass is 15.2. The van der Waals surface area contributed by atoms with Gasteiger partial charge in [-0.2, -0.15) is 0 Å². The maximum Gasteiger partial charge on any atom is 0.128 e. The molecule has 86 valence electrons. The van der Waals surface area contributed by atoms with Gasteiger partial charge in [-0.05, 0) is 37.8 Å². The van der Waals surface area contributed by atoms with Gasteiger partial charge in [-0.25, -0.2) is 4.98 Å². The molecule has 2 aliphatic rings. The maximum absolute atomic E-state index is 4.81. The molecule has 1 atom stereocenters. The van der Waals surface area contributed by atoms with Crippen LogP contribution in [0.5, 0.6) is 0 Å². The zero-order chi connectivity index (χ0) is 11.0. The molecule has 3 rings (SSSR count). The molecule has 16 heavy (non-hydrogen) atoms. The lowest BCUT2D eigenvalue weighted by molar-refractivity contribution is 0.482. The summed E-state index contributed by atoms with van der Waals surface area (Å²) in [6.45, 7) is 5.46. The number of pyridine rings is 1. The van der Waals surface area contributed by atoms with E-state index in [1.165, 1.54) is 36.3 Å². The second-order valence-electron chi connectivity index (χ2n) is 4.93. The van der Waals surface area contributed by atoms with Crippen molar-refractivity contribution in [3.8, 4) is 0 Å². The van der Waals surface area contributed by atoms with Crippen molar-refractivity contribution in [3.63, 3.8) is 0 Å². The van der Waals surface area contributed by atoms with Crippen molar-refractivity contribution in [3.05, 3.63) is 23.4 Å². The fourth-order valence-electron chi connectivity index (χ4n) is 2.73. The minimum absolute atomic E-state index is 0.573. The van der Waals surface area contributed by atoms with Crippen LogP contribution in [0.4, 0.5) is 5.82 Å². The molecule has 0 spiro atoms. The molecule has 0 saturated carbocycles. The van der Waals surface area contributed by atoms with Crippen LogP contribution in [0.25, 0.3) is 0 Å². The summed E-state index contributed by atoms with van der Waals surface area (Å²) in [5, 5.41) is 3.46. The normalized spacial score (nSPS) is 24.6. The molecule has 3 nitrogen and oxygen atoms in total. The van der Waals surface area contributed by atoms with Crippen LogP contribution in [0, 0.1) is 0 Å². The van der Waals surface area contributed by atoms with E-state index in [1.807, 2.05) is 0 Å². The molecule has 1 aromatic rings. The van der Waals surface area contributed by atoms with Crippen LogP contribution < -0.4 is 10.2 Å². The van der Waals surface area contributed by atoms with Gasteiger partial charge in [0.2, 0.25) is 0 Å². The zero-order valence-electron chi connectivity index (χ0n) is 9.87. The first-order valence-corrected chi connectivity index (χ1v) is 6.30. The molecule has 1 N–H and O–H groups in total. The van der Waals surface area contributed by atoms with Gasteiger partial charge in [0.15, 0.2) is 0 Å². The first-order valence-electron chi connectivity index (χ1n) is 6.30. The van der Waals surface area contributed by atoms with Gasteiger partial charge in [-0.3, -0.25) is 0 Å². The summed E-state index contributed by atoms with van der Waals surface area (Å²) in [6, 6.07) is 5.04. The zero-order valence-corrected chi connectivity index (χ0v) is 9.87. The molecule has 0 amide bonds. The van der Waals surface area contributed by atoms with E-state index < -0.39 is 0 Å². The molecule has 0 unspecified atom stereocenters. The summed E-state index contributed by atoms with van der Waals surface area (Å²) in [5.74, 6) is 1.18. The molecular formula is C13H19N3. The van der Waals surface area contributed by atoms with E-state index in [-0.39, 0.29) is 0 Å². The lowest BCUT2D eigenvalue weighted by Crippen LogP contribution is -2.49. The van der Waals surface area contributed by atoms with Crippen molar-refractivity contribution in [1.29, 1.82) is 0 Å². The van der Waals surface area contributed by atoms with Crippen LogP contribution in [-0.4, -0.2) is 30.7 Å². The van der Waals surface area contributed by atoms with E-state index >= 15 is 0 Å². The Kier molecular flexibility index (Phi) is 2.56. The molecule has 1 aliphatic heterocycles. The van der Waals surface area contributed by atoms with E-state index in [9.17, 15) is 0 Å². The van der Waals surface area contributed by atoms with Gasteiger partial charge in [-0.1, -0.05) is 6.07 Å². The molecule has 2 heterocycles. The summed E-state index contributed by atoms with van der Waals surface area (Å²) in [4.78, 5) is 7.21. The summed E-state index contributed by atoms with van der Waals surface area (Å²) in [6.07, 6.45) is 3.68. The van der Waals surface area contributed by atoms with E-state index in [0.29, 0.717) is 6.04 Å². The van der Waals surface area contributed by atoms with Crippen LogP contribution in [0.15, 0.2) is 12.1 Å². The Bertz CT molecular complexity index is 389. The van der Waals surface area contributed by atoms with E-state index in [4.69, 9.17) is 4.98 Å². The van der Waals surface area contributed by atoms with Crippen LogP contribution >= 0.6 is 0 Å². The van der Waals surface area contributed by atoms with Gasteiger partial charge < -0.3 is 10.2 Å². The van der Waals surface area contributed by atoms with Gasteiger partial charge in [0, 0.05) is 31.4 Å². The molecule has 1 fully saturated rings. The SMILES string of the molecule is C[C@@H]1CN(c2ccc3c(n2)CCC3)CCN1. The fraction of sp³-hybridized carbons (Fsp3) is 0.615. The van der Waals surface area contributed by atoms with Crippen molar-refractivity contribution < 1.29 is 0 Å². The highest BCUT2D eigenvalue weighted by Gasteiger charge is 2.19. The standard InChI is InChI=1S/C13H19N3/c1-10-9-16(8-7-14-10)13-6-5-11-3-2-4-12(11)15-13/h5-6,10,14H,2-4,7-9H2,1H3/t10-/m1/s1. The highest BCUT2D eigenvalue weighted by Crippen LogP contribution is 2.23. The van der Waals surface area contributed by atoms with Gasteiger partial charge >= 0.3 is 0 Å². The number of anilines is 1. The van der Waals surface area contributed by atoms with E-state index in [2.05, 4.69) is 29.3 Å². The minimum atomic E-state index is 0.573. The Labute approximate surface area is 96.9 Å². The lowest BCUT2D eigenvalue weighted by atomic mass is 10.2. The number of hydrogen-bond acceptors (Lipinski definition) is 3. The quantitative estimate of drug-likeness (QED) is 0.770. The summed E-state index contributed by atoms with van der Waals surface area (Å²) >= 11 is 0. The molecule has 1 aliphatic carbocycles. The van der Waals surface area contributed by atoms with Crippen LogP contribution in [0.2, 0.25) is 0 Å². The third-order valence-corrected chi connectivity index (χ3v) is 3.61. The van der Waals surface area contributed by atoms with E-state index in [0.717, 1.165) is 19.6 Å². The predicted molar refractivity (Wildman–Crippen MR) is 65.9 cm³/mol. The van der Waals surface area contributed by atoms with Gasteiger partial charge in [0.1, 0.15) is 5.82 Å². The predicted octanol–water partition coefficient (Wildman–Crippen LogP) is 1.37. The Hall–Kier alpha value is -1.09. The second kappa shape index (κ2) is 4.06. The minimum Gasteiger partial charge on any atom is -0.354 e. The number of nitrogens with zero attached hydrogens (tertiary/aromatic N) is 2. The number of rotatable bonds is 1. The molecule has 1 saturated heterocycles. The van der Waals surface area contributed by atoms with E-state index in [1.54, 1.807) is 0 Å².